The molecule has 0 radical (unpaired) electrons. The highest BCUT2D eigenvalue weighted by Crippen LogP contribution is 2.25. The van der Waals surface area contributed by atoms with Crippen molar-refractivity contribution in [3.8, 4) is 18.1 Å². The monoisotopic (exact) mass is 541 g/mol. The van der Waals surface area contributed by atoms with E-state index < -0.39 is 35.6 Å². The van der Waals surface area contributed by atoms with E-state index in [1.807, 2.05) is 30.3 Å². The molecule has 2 atom stereocenters. The number of nitrogens with zero attached hydrogens (tertiary/aromatic N) is 1. The molecule has 3 rings (SSSR count). The van der Waals surface area contributed by atoms with Crippen molar-refractivity contribution in [3.05, 3.63) is 101 Å². The van der Waals surface area contributed by atoms with Gasteiger partial charge in [0.15, 0.2) is 0 Å². The number of alkyl carbamates (subject to hydrolysis) is 1. The number of terminal acetylenes is 1. The zero-order chi connectivity index (χ0) is 29.3. The van der Waals surface area contributed by atoms with Gasteiger partial charge in [0.2, 0.25) is 11.8 Å². The Morgan fingerprint density at radius 3 is 2.20 bits per heavy atom. The molecule has 208 valence electrons. The second-order valence-electron chi connectivity index (χ2n) is 10.4. The standard InChI is InChI=1S/C32H35N3O5/c1-6-24-14-10-11-15-26(24)28(29(37)33-21-23-12-8-7-9-13-23)35(5)30(38)27(34-31(39)40-32(2,3)4)20-22-16-18-25(36)19-17-22/h1,7-19,27-28,36H,20-21H2,2-5H3,(H,33,37)(H,34,39). The maximum atomic E-state index is 14.0. The van der Waals surface area contributed by atoms with E-state index in [0.717, 1.165) is 5.56 Å². The quantitative estimate of drug-likeness (QED) is 0.350. The fourth-order valence-corrected chi connectivity index (χ4v) is 4.17. The Labute approximate surface area is 235 Å². The van der Waals surface area contributed by atoms with Crippen molar-refractivity contribution in [1.82, 2.24) is 15.5 Å². The Morgan fingerprint density at radius 2 is 1.57 bits per heavy atom. The van der Waals surface area contributed by atoms with Crippen molar-refractivity contribution in [2.75, 3.05) is 7.05 Å². The van der Waals surface area contributed by atoms with Crippen molar-refractivity contribution >= 4 is 17.9 Å². The molecule has 0 aliphatic rings. The van der Waals surface area contributed by atoms with Gasteiger partial charge in [-0.1, -0.05) is 66.6 Å². The molecule has 3 aromatic carbocycles. The topological polar surface area (TPSA) is 108 Å². The van der Waals surface area contributed by atoms with Crippen molar-refractivity contribution < 1.29 is 24.2 Å². The highest BCUT2D eigenvalue weighted by Gasteiger charge is 2.35. The van der Waals surface area contributed by atoms with Gasteiger partial charge < -0.3 is 25.4 Å². The second-order valence-corrected chi connectivity index (χ2v) is 10.4. The molecule has 0 saturated heterocycles. The number of carbonyl (C=O) groups excluding carboxylic acids is 3. The van der Waals surface area contributed by atoms with Crippen LogP contribution in [0.1, 0.15) is 49.1 Å². The fourth-order valence-electron chi connectivity index (χ4n) is 4.17. The molecule has 8 nitrogen and oxygen atoms in total. The molecule has 0 aliphatic heterocycles. The highest BCUT2D eigenvalue weighted by molar-refractivity contribution is 5.92. The summed E-state index contributed by atoms with van der Waals surface area (Å²) in [4.78, 5) is 41.6. The van der Waals surface area contributed by atoms with Crippen LogP contribution in [0.25, 0.3) is 0 Å². The van der Waals surface area contributed by atoms with Crippen LogP contribution in [-0.2, 0) is 27.3 Å². The third-order valence-corrected chi connectivity index (χ3v) is 6.07. The van der Waals surface area contributed by atoms with Gasteiger partial charge in [-0.2, -0.15) is 0 Å². The number of amides is 3. The van der Waals surface area contributed by atoms with E-state index in [1.54, 1.807) is 57.2 Å². The lowest BCUT2D eigenvalue weighted by molar-refractivity contribution is -0.140. The van der Waals surface area contributed by atoms with Crippen LogP contribution in [0.4, 0.5) is 4.79 Å². The molecular weight excluding hydrogens is 506 g/mol. The predicted octanol–water partition coefficient (Wildman–Crippen LogP) is 4.33. The summed E-state index contributed by atoms with van der Waals surface area (Å²) in [6, 6.07) is 20.5. The Bertz CT molecular complexity index is 1360. The van der Waals surface area contributed by atoms with E-state index in [2.05, 4.69) is 16.6 Å². The summed E-state index contributed by atoms with van der Waals surface area (Å²) in [5, 5.41) is 15.3. The zero-order valence-corrected chi connectivity index (χ0v) is 23.2. The maximum Gasteiger partial charge on any atom is 0.408 e. The van der Waals surface area contributed by atoms with Gasteiger partial charge in [0.25, 0.3) is 0 Å². The number of nitrogens with one attached hydrogen (secondary N) is 2. The molecule has 0 aromatic heterocycles. The molecule has 0 heterocycles. The number of likely N-dealkylation sites (N-methyl/N-ethyl adjacent to an activating group) is 1. The average molecular weight is 542 g/mol. The van der Waals surface area contributed by atoms with Crippen molar-refractivity contribution in [3.63, 3.8) is 0 Å². The molecule has 3 N–H and O–H groups in total. The van der Waals surface area contributed by atoms with E-state index in [0.29, 0.717) is 16.7 Å². The van der Waals surface area contributed by atoms with E-state index in [9.17, 15) is 19.5 Å². The zero-order valence-electron chi connectivity index (χ0n) is 23.2. The Morgan fingerprint density at radius 1 is 0.950 bits per heavy atom. The van der Waals surface area contributed by atoms with Crippen LogP contribution in [0.2, 0.25) is 0 Å². The number of aromatic hydroxyl groups is 1. The summed E-state index contributed by atoms with van der Waals surface area (Å²) >= 11 is 0. The molecule has 3 amide bonds. The molecule has 0 aliphatic carbocycles. The Kier molecular flexibility index (Phi) is 9.93. The maximum absolute atomic E-state index is 14.0. The van der Waals surface area contributed by atoms with Gasteiger partial charge in [-0.3, -0.25) is 9.59 Å². The van der Waals surface area contributed by atoms with Gasteiger partial charge >= 0.3 is 6.09 Å². The Hall–Kier alpha value is -4.77. The van der Waals surface area contributed by atoms with Gasteiger partial charge in [-0.25, -0.2) is 4.79 Å². The van der Waals surface area contributed by atoms with Crippen LogP contribution in [-0.4, -0.2) is 46.6 Å². The molecule has 40 heavy (non-hydrogen) atoms. The van der Waals surface area contributed by atoms with Crippen molar-refractivity contribution in [1.29, 1.82) is 0 Å². The lowest BCUT2D eigenvalue weighted by Gasteiger charge is -2.32. The van der Waals surface area contributed by atoms with Gasteiger partial charge in [0, 0.05) is 25.6 Å². The molecule has 8 heteroatoms. The third-order valence-electron chi connectivity index (χ3n) is 6.07. The first-order valence-electron chi connectivity index (χ1n) is 12.9. The van der Waals surface area contributed by atoms with Crippen LogP contribution < -0.4 is 10.6 Å². The number of phenols is 1. The molecule has 0 fully saturated rings. The number of carbonyl (C=O) groups is 3. The first-order valence-corrected chi connectivity index (χ1v) is 12.9. The first kappa shape index (κ1) is 29.8. The van der Waals surface area contributed by atoms with Crippen LogP contribution in [0.5, 0.6) is 5.75 Å². The molecule has 2 unspecified atom stereocenters. The number of rotatable bonds is 9. The van der Waals surface area contributed by atoms with E-state index in [1.165, 1.54) is 24.1 Å². The Balaban J connectivity index is 1.95. The molecule has 0 saturated carbocycles. The second kappa shape index (κ2) is 13.3. The number of ether oxygens (including phenoxy) is 1. The summed E-state index contributed by atoms with van der Waals surface area (Å²) in [5.41, 5.74) is 1.75. The van der Waals surface area contributed by atoms with Crippen LogP contribution >= 0.6 is 0 Å². The highest BCUT2D eigenvalue weighted by atomic mass is 16.6. The minimum Gasteiger partial charge on any atom is -0.508 e. The minimum atomic E-state index is -1.08. The summed E-state index contributed by atoms with van der Waals surface area (Å²) in [7, 11) is 1.50. The predicted molar refractivity (Wildman–Crippen MR) is 153 cm³/mol. The lowest BCUT2D eigenvalue weighted by atomic mass is 9.97. The van der Waals surface area contributed by atoms with E-state index >= 15 is 0 Å². The minimum absolute atomic E-state index is 0.0740. The summed E-state index contributed by atoms with van der Waals surface area (Å²) in [6.07, 6.45) is 5.07. The number of hydrogen-bond acceptors (Lipinski definition) is 5. The van der Waals surface area contributed by atoms with Gasteiger partial charge in [0.1, 0.15) is 23.4 Å². The van der Waals surface area contributed by atoms with Gasteiger partial charge in [-0.05, 0) is 55.7 Å². The summed E-state index contributed by atoms with van der Waals surface area (Å²) in [5.74, 6) is 1.72. The van der Waals surface area contributed by atoms with E-state index in [4.69, 9.17) is 11.2 Å². The molecule has 0 bridgehead atoms. The van der Waals surface area contributed by atoms with Crippen LogP contribution in [0.3, 0.4) is 0 Å². The average Bonchev–Trinajstić information content (AvgIpc) is 2.92. The van der Waals surface area contributed by atoms with Crippen molar-refractivity contribution in [2.24, 2.45) is 0 Å². The fraction of sp³-hybridized carbons (Fsp3) is 0.281. The van der Waals surface area contributed by atoms with E-state index in [-0.39, 0.29) is 18.7 Å². The van der Waals surface area contributed by atoms with Crippen LogP contribution in [0.15, 0.2) is 78.9 Å². The number of benzene rings is 3. The third kappa shape index (κ3) is 8.37. The van der Waals surface area contributed by atoms with Crippen LogP contribution in [0, 0.1) is 12.3 Å². The molecular formula is C32H35N3O5. The summed E-state index contributed by atoms with van der Waals surface area (Å²) in [6.45, 7) is 5.42. The first-order chi connectivity index (χ1) is 19.0. The largest absolute Gasteiger partial charge is 0.508 e. The smallest absolute Gasteiger partial charge is 0.408 e. The van der Waals surface area contributed by atoms with Gasteiger partial charge in [0.05, 0.1) is 0 Å². The normalized spacial score (nSPS) is 12.4. The summed E-state index contributed by atoms with van der Waals surface area (Å²) < 4.78 is 5.40. The molecule has 0 spiro atoms. The lowest BCUT2D eigenvalue weighted by Crippen LogP contribution is -2.52. The van der Waals surface area contributed by atoms with Crippen molar-refractivity contribution in [2.45, 2.75) is 51.4 Å². The molecule has 3 aromatic rings. The number of phenolic OH excluding ortho intramolecular Hbond substituents is 1. The van der Waals surface area contributed by atoms with Gasteiger partial charge in [-0.15, -0.1) is 6.42 Å². The number of hydrogen-bond donors (Lipinski definition) is 3. The SMILES string of the molecule is C#Cc1ccccc1C(C(=O)NCc1ccccc1)N(C)C(=O)C(Cc1ccc(O)cc1)NC(=O)OC(C)(C)C.